The third-order valence-corrected chi connectivity index (χ3v) is 5.75. The monoisotopic (exact) mass is 398 g/mol. The number of carbonyl (C=O) groups excluding carboxylic acids is 1. The summed E-state index contributed by atoms with van der Waals surface area (Å²) in [5.41, 5.74) is 0.965. The van der Waals surface area contributed by atoms with Gasteiger partial charge in [-0.2, -0.15) is 4.98 Å². The zero-order valence-corrected chi connectivity index (χ0v) is 15.8. The Labute approximate surface area is 165 Å². The van der Waals surface area contributed by atoms with Crippen molar-refractivity contribution in [1.29, 1.82) is 0 Å². The highest BCUT2D eigenvalue weighted by Gasteiger charge is 2.30. The Hall–Kier alpha value is -3.07. The number of hydrogen-bond donors (Lipinski definition) is 1. The molecule has 2 aromatic heterocycles. The minimum Gasteiger partial charge on any atom is -0.454 e. The number of carbonyl (C=O) groups is 1. The fourth-order valence-corrected chi connectivity index (χ4v) is 4.04. The van der Waals surface area contributed by atoms with Crippen LogP contribution in [-0.2, 0) is 6.54 Å². The minimum absolute atomic E-state index is 0.0914. The van der Waals surface area contributed by atoms with Crippen molar-refractivity contribution in [2.75, 3.05) is 19.9 Å². The van der Waals surface area contributed by atoms with Crippen molar-refractivity contribution in [3.05, 3.63) is 47.1 Å². The maximum absolute atomic E-state index is 12.5. The fourth-order valence-electron chi connectivity index (χ4n) is 3.40. The molecule has 0 radical (unpaired) electrons. The minimum atomic E-state index is -0.0952. The molecule has 5 rings (SSSR count). The maximum atomic E-state index is 12.5. The van der Waals surface area contributed by atoms with Gasteiger partial charge in [0.1, 0.15) is 0 Å². The predicted molar refractivity (Wildman–Crippen MR) is 101 cm³/mol. The Morgan fingerprint density at radius 1 is 1.29 bits per heavy atom. The van der Waals surface area contributed by atoms with Crippen LogP contribution < -0.4 is 14.8 Å². The number of rotatable bonds is 4. The van der Waals surface area contributed by atoms with E-state index in [1.165, 1.54) is 0 Å². The van der Waals surface area contributed by atoms with E-state index in [9.17, 15) is 4.79 Å². The lowest BCUT2D eigenvalue weighted by atomic mass is 10.1. The summed E-state index contributed by atoms with van der Waals surface area (Å²) < 4.78 is 16.0. The number of nitrogens with one attached hydrogen (secondary N) is 1. The van der Waals surface area contributed by atoms with E-state index in [4.69, 9.17) is 14.0 Å². The molecule has 8 nitrogen and oxygen atoms in total. The molecule has 144 valence electrons. The number of ether oxygens (including phenoxy) is 2. The lowest BCUT2D eigenvalue weighted by Crippen LogP contribution is -2.38. The van der Waals surface area contributed by atoms with Gasteiger partial charge in [-0.15, -0.1) is 11.3 Å². The number of benzene rings is 1. The van der Waals surface area contributed by atoms with E-state index < -0.39 is 0 Å². The number of amides is 2. The quantitative estimate of drug-likeness (QED) is 0.726. The molecule has 0 bridgehead atoms. The second kappa shape index (κ2) is 7.16. The van der Waals surface area contributed by atoms with Crippen molar-refractivity contribution < 1.29 is 18.8 Å². The summed E-state index contributed by atoms with van der Waals surface area (Å²) in [6, 6.07) is 9.48. The van der Waals surface area contributed by atoms with E-state index in [1.807, 2.05) is 35.7 Å². The lowest BCUT2D eigenvalue weighted by molar-refractivity contribution is 0.174. The highest BCUT2D eigenvalue weighted by Crippen LogP contribution is 2.32. The van der Waals surface area contributed by atoms with Crippen LogP contribution in [-0.4, -0.2) is 41.0 Å². The molecule has 2 amide bonds. The van der Waals surface area contributed by atoms with Crippen LogP contribution in [0, 0.1) is 0 Å². The first-order chi connectivity index (χ1) is 13.8. The number of hydrogen-bond acceptors (Lipinski definition) is 7. The van der Waals surface area contributed by atoms with Crippen LogP contribution in [0.2, 0.25) is 0 Å². The third-order valence-electron chi connectivity index (χ3n) is 4.90. The van der Waals surface area contributed by atoms with Crippen molar-refractivity contribution in [2.45, 2.75) is 18.9 Å². The first-order valence-electron chi connectivity index (χ1n) is 9.05. The molecule has 0 aliphatic carbocycles. The van der Waals surface area contributed by atoms with Gasteiger partial charge in [-0.1, -0.05) is 17.3 Å². The van der Waals surface area contributed by atoms with Crippen molar-refractivity contribution in [1.82, 2.24) is 20.4 Å². The van der Waals surface area contributed by atoms with Crippen LogP contribution in [0.25, 0.3) is 10.8 Å². The lowest BCUT2D eigenvalue weighted by Gasteiger charge is -2.17. The van der Waals surface area contributed by atoms with Crippen molar-refractivity contribution >= 4 is 17.4 Å². The maximum Gasteiger partial charge on any atom is 0.317 e. The molecule has 1 fully saturated rings. The standard InChI is InChI=1S/C19H18N4O4S/c24-19(20-9-12-3-4-14-15(8-12)26-11-25-14)23-6-5-13(10-23)17-21-18(27-22-17)16-2-1-7-28-16/h1-4,7-8,13H,5-6,9-11H2,(H,20,24). The van der Waals surface area contributed by atoms with Crippen LogP contribution in [0.4, 0.5) is 4.79 Å². The third kappa shape index (κ3) is 3.29. The van der Waals surface area contributed by atoms with Gasteiger partial charge in [-0.3, -0.25) is 0 Å². The molecule has 0 spiro atoms. The van der Waals surface area contributed by atoms with E-state index >= 15 is 0 Å². The van der Waals surface area contributed by atoms with Crippen LogP contribution >= 0.6 is 11.3 Å². The number of likely N-dealkylation sites (tertiary alicyclic amines) is 1. The zero-order chi connectivity index (χ0) is 18.9. The molecule has 2 aliphatic heterocycles. The highest BCUT2D eigenvalue weighted by atomic mass is 32.1. The smallest absolute Gasteiger partial charge is 0.317 e. The Morgan fingerprint density at radius 2 is 2.21 bits per heavy atom. The summed E-state index contributed by atoms with van der Waals surface area (Å²) in [6.07, 6.45) is 0.820. The average Bonchev–Trinajstić information content (AvgIpc) is 3.50. The van der Waals surface area contributed by atoms with Gasteiger partial charge < -0.3 is 24.2 Å². The second-order valence-corrected chi connectivity index (χ2v) is 7.66. The molecule has 2 aliphatic rings. The molecule has 1 atom stereocenters. The van der Waals surface area contributed by atoms with Crippen LogP contribution in [0.5, 0.6) is 11.5 Å². The number of fused-ring (bicyclic) bond motifs is 1. The van der Waals surface area contributed by atoms with E-state index in [1.54, 1.807) is 16.2 Å². The van der Waals surface area contributed by atoms with E-state index in [2.05, 4.69) is 15.5 Å². The zero-order valence-electron chi connectivity index (χ0n) is 15.0. The fraction of sp³-hybridized carbons (Fsp3) is 0.316. The van der Waals surface area contributed by atoms with Crippen molar-refractivity contribution in [3.8, 4) is 22.3 Å². The van der Waals surface area contributed by atoms with E-state index in [0.717, 1.165) is 22.6 Å². The van der Waals surface area contributed by atoms with Gasteiger partial charge in [-0.05, 0) is 35.6 Å². The predicted octanol–water partition coefficient (Wildman–Crippen LogP) is 3.23. The molecular formula is C19H18N4O4S. The first kappa shape index (κ1) is 17.1. The summed E-state index contributed by atoms with van der Waals surface area (Å²) in [5, 5.41) is 9.04. The molecule has 28 heavy (non-hydrogen) atoms. The molecular weight excluding hydrogens is 380 g/mol. The Morgan fingerprint density at radius 3 is 3.11 bits per heavy atom. The van der Waals surface area contributed by atoms with Gasteiger partial charge in [0.2, 0.25) is 6.79 Å². The highest BCUT2D eigenvalue weighted by molar-refractivity contribution is 7.13. The molecule has 9 heteroatoms. The number of thiophene rings is 1. The summed E-state index contributed by atoms with van der Waals surface area (Å²) in [6.45, 7) is 1.92. The molecule has 0 saturated carbocycles. The number of urea groups is 1. The number of aromatic nitrogens is 2. The number of nitrogens with zero attached hydrogens (tertiary/aromatic N) is 3. The Bertz CT molecular complexity index is 988. The average molecular weight is 398 g/mol. The van der Waals surface area contributed by atoms with E-state index in [0.29, 0.717) is 37.1 Å². The van der Waals surface area contributed by atoms with Gasteiger partial charge >= 0.3 is 6.03 Å². The van der Waals surface area contributed by atoms with Crippen molar-refractivity contribution in [2.24, 2.45) is 0 Å². The largest absolute Gasteiger partial charge is 0.454 e. The molecule has 1 unspecified atom stereocenters. The summed E-state index contributed by atoms with van der Waals surface area (Å²) >= 11 is 1.56. The molecule has 1 saturated heterocycles. The van der Waals surface area contributed by atoms with Gasteiger partial charge in [-0.25, -0.2) is 4.79 Å². The molecule has 1 aromatic carbocycles. The SMILES string of the molecule is O=C(NCc1ccc2c(c1)OCO2)N1CCC(c2noc(-c3cccs3)n2)C1. The normalized spacial score (nSPS) is 17.9. The van der Waals surface area contributed by atoms with Gasteiger partial charge in [0, 0.05) is 25.6 Å². The van der Waals surface area contributed by atoms with Crippen LogP contribution in [0.1, 0.15) is 23.7 Å². The van der Waals surface area contributed by atoms with Gasteiger partial charge in [0.15, 0.2) is 17.3 Å². The van der Waals surface area contributed by atoms with Crippen LogP contribution in [0.15, 0.2) is 40.2 Å². The Balaban J connectivity index is 1.17. The Kier molecular flexibility index (Phi) is 4.36. The second-order valence-electron chi connectivity index (χ2n) is 6.71. The van der Waals surface area contributed by atoms with Crippen LogP contribution in [0.3, 0.4) is 0 Å². The molecule has 4 heterocycles. The van der Waals surface area contributed by atoms with E-state index in [-0.39, 0.29) is 18.7 Å². The molecule has 3 aromatic rings. The van der Waals surface area contributed by atoms with Crippen molar-refractivity contribution in [3.63, 3.8) is 0 Å². The molecule has 1 N–H and O–H groups in total. The first-order valence-corrected chi connectivity index (χ1v) is 9.93. The van der Waals surface area contributed by atoms with Gasteiger partial charge in [0.05, 0.1) is 4.88 Å². The van der Waals surface area contributed by atoms with Gasteiger partial charge in [0.25, 0.3) is 5.89 Å². The summed E-state index contributed by atoms with van der Waals surface area (Å²) in [5.74, 6) is 2.74. The summed E-state index contributed by atoms with van der Waals surface area (Å²) in [7, 11) is 0. The summed E-state index contributed by atoms with van der Waals surface area (Å²) in [4.78, 5) is 19.8. The topological polar surface area (TPSA) is 89.7 Å².